The molecule has 3 N–H and O–H groups in total. The first-order valence-electron chi connectivity index (χ1n) is 11.5. The second-order valence-corrected chi connectivity index (χ2v) is 9.77. The van der Waals surface area contributed by atoms with Gasteiger partial charge in [0.25, 0.3) is 0 Å². The molecule has 0 spiro atoms. The van der Waals surface area contributed by atoms with Gasteiger partial charge >= 0.3 is 5.97 Å². The van der Waals surface area contributed by atoms with Crippen LogP contribution in [0.3, 0.4) is 0 Å². The van der Waals surface area contributed by atoms with E-state index in [1.54, 1.807) is 20.0 Å². The molecule has 0 unspecified atom stereocenters. The Hall–Kier alpha value is -3.44. The molecule has 4 atom stereocenters. The van der Waals surface area contributed by atoms with Crippen molar-refractivity contribution in [3.05, 3.63) is 30.5 Å². The fourth-order valence-electron chi connectivity index (χ4n) is 4.72. The van der Waals surface area contributed by atoms with Gasteiger partial charge in [-0.05, 0) is 29.7 Å². The van der Waals surface area contributed by atoms with E-state index in [9.17, 15) is 9.59 Å². The maximum absolute atomic E-state index is 12.5. The van der Waals surface area contributed by atoms with Crippen molar-refractivity contribution in [1.29, 1.82) is 0 Å². The predicted molar refractivity (Wildman–Crippen MR) is 123 cm³/mol. The Morgan fingerprint density at radius 1 is 1.06 bits per heavy atom. The number of carboxylic acids is 1. The lowest BCUT2D eigenvalue weighted by atomic mass is 9.85. The minimum Gasteiger partial charge on any atom is -0.481 e. The minimum atomic E-state index is -0.926. The molecule has 186 valence electrons. The highest BCUT2D eigenvalue weighted by molar-refractivity contribution is 5.78. The van der Waals surface area contributed by atoms with Crippen molar-refractivity contribution < 1.29 is 33.6 Å². The van der Waals surface area contributed by atoms with E-state index in [2.05, 4.69) is 20.6 Å². The van der Waals surface area contributed by atoms with Crippen molar-refractivity contribution >= 4 is 17.8 Å². The first kappa shape index (κ1) is 23.3. The molecule has 3 aliphatic heterocycles. The van der Waals surface area contributed by atoms with E-state index in [-0.39, 0.29) is 49.8 Å². The highest BCUT2D eigenvalue weighted by atomic mass is 16.7. The number of carbonyl (C=O) groups is 2. The fraction of sp³-hybridized carbons (Fsp3) is 0.500. The van der Waals surface area contributed by atoms with Crippen molar-refractivity contribution in [3.8, 4) is 22.8 Å². The zero-order valence-corrected chi connectivity index (χ0v) is 19.5. The molecule has 4 heterocycles. The van der Waals surface area contributed by atoms with Gasteiger partial charge in [-0.2, -0.15) is 0 Å². The Bertz CT molecular complexity index is 1120. The number of anilines is 1. The number of ether oxygens (including phenoxy) is 4. The second kappa shape index (κ2) is 9.31. The van der Waals surface area contributed by atoms with Gasteiger partial charge in [0.05, 0.1) is 37.4 Å². The fourth-order valence-corrected chi connectivity index (χ4v) is 4.72. The second-order valence-electron chi connectivity index (χ2n) is 9.77. The first-order chi connectivity index (χ1) is 16.8. The summed E-state index contributed by atoms with van der Waals surface area (Å²) in [7, 11) is 0. The molecular weight excluding hydrogens is 456 g/mol. The Kier molecular flexibility index (Phi) is 6.20. The monoisotopic (exact) mass is 484 g/mol. The zero-order chi connectivity index (χ0) is 24.6. The lowest BCUT2D eigenvalue weighted by Crippen LogP contribution is -2.45. The number of hydrogen-bond donors (Lipinski definition) is 3. The Labute approximate surface area is 202 Å². The number of nitrogens with zero attached hydrogens (tertiary/aromatic N) is 2. The number of carbonyl (C=O) groups excluding carboxylic acids is 1. The molecule has 2 saturated heterocycles. The van der Waals surface area contributed by atoms with Crippen LogP contribution in [0.2, 0.25) is 0 Å². The van der Waals surface area contributed by atoms with Gasteiger partial charge in [-0.15, -0.1) is 0 Å². The number of hydrogen-bond acceptors (Lipinski definition) is 9. The normalized spacial score (nSPS) is 24.7. The van der Waals surface area contributed by atoms with E-state index < -0.39 is 11.4 Å². The Morgan fingerprint density at radius 2 is 1.80 bits per heavy atom. The van der Waals surface area contributed by atoms with Gasteiger partial charge in [-0.25, -0.2) is 9.97 Å². The van der Waals surface area contributed by atoms with Crippen LogP contribution in [-0.2, 0) is 19.1 Å². The van der Waals surface area contributed by atoms with E-state index in [1.807, 2.05) is 24.3 Å². The van der Waals surface area contributed by atoms with Gasteiger partial charge in [-0.3, -0.25) is 9.59 Å². The smallest absolute Gasteiger partial charge is 0.303 e. The summed E-state index contributed by atoms with van der Waals surface area (Å²) in [6.45, 7) is 4.43. The molecule has 1 aromatic heterocycles. The third kappa shape index (κ3) is 5.15. The lowest BCUT2D eigenvalue weighted by Gasteiger charge is -2.24. The number of rotatable bonds is 8. The van der Waals surface area contributed by atoms with Crippen LogP contribution in [-0.4, -0.2) is 71.2 Å². The number of carboxylic acid groups (broad SMARTS) is 1. The largest absolute Gasteiger partial charge is 0.481 e. The lowest BCUT2D eigenvalue weighted by molar-refractivity contribution is -0.139. The topological polar surface area (TPSA) is 141 Å². The Morgan fingerprint density at radius 3 is 2.60 bits per heavy atom. The molecule has 3 aliphatic rings. The van der Waals surface area contributed by atoms with Crippen LogP contribution in [0.5, 0.6) is 11.5 Å². The molecule has 11 heteroatoms. The summed E-state index contributed by atoms with van der Waals surface area (Å²) in [5, 5.41) is 15.3. The summed E-state index contributed by atoms with van der Waals surface area (Å²) in [6.07, 6.45) is 1.12. The van der Waals surface area contributed by atoms with E-state index >= 15 is 0 Å². The van der Waals surface area contributed by atoms with Gasteiger partial charge in [0.2, 0.25) is 18.6 Å². The standard InChI is InChI=1S/C24H28N4O7/c1-24(2,9-20(30)31)8-19(29)26-15-10-32-22-16(11-33-21(15)22)28-23-25-6-5-14(27-23)13-3-4-17-18(7-13)35-12-34-17/h3-7,15-16,21-22H,8-12H2,1-2H3,(H,26,29)(H,30,31)(H,25,27,28)/t15-,16+,21-,22+/m1/s1. The first-order valence-corrected chi connectivity index (χ1v) is 11.5. The third-order valence-electron chi connectivity index (χ3n) is 6.31. The maximum atomic E-state index is 12.5. The van der Waals surface area contributed by atoms with Crippen LogP contribution in [0.4, 0.5) is 5.95 Å². The molecular formula is C24H28N4O7. The summed E-state index contributed by atoms with van der Waals surface area (Å²) in [4.78, 5) is 32.5. The predicted octanol–water partition coefficient (Wildman–Crippen LogP) is 1.83. The van der Waals surface area contributed by atoms with E-state index in [1.165, 1.54) is 0 Å². The van der Waals surface area contributed by atoms with E-state index in [0.29, 0.717) is 30.7 Å². The van der Waals surface area contributed by atoms with Crippen LogP contribution < -0.4 is 20.1 Å². The van der Waals surface area contributed by atoms with Gasteiger partial charge in [0.1, 0.15) is 12.2 Å². The van der Waals surface area contributed by atoms with Crippen molar-refractivity contribution in [1.82, 2.24) is 15.3 Å². The van der Waals surface area contributed by atoms with Gasteiger partial charge in [-0.1, -0.05) is 13.8 Å². The number of aromatic nitrogens is 2. The number of nitrogens with one attached hydrogen (secondary N) is 2. The molecule has 0 radical (unpaired) electrons. The van der Waals surface area contributed by atoms with Crippen LogP contribution in [0.25, 0.3) is 11.3 Å². The SMILES string of the molecule is CC(C)(CC(=O)O)CC(=O)N[C@@H]1CO[C@@H]2[C@@H]1OC[C@@H]2Nc1nccc(-c2ccc3c(c2)OCO3)n1. The average molecular weight is 485 g/mol. The maximum Gasteiger partial charge on any atom is 0.303 e. The van der Waals surface area contributed by atoms with Gasteiger partial charge in [0.15, 0.2) is 11.5 Å². The summed E-state index contributed by atoms with van der Waals surface area (Å²) in [5.74, 6) is 0.693. The number of benzene rings is 1. The van der Waals surface area contributed by atoms with Crippen molar-refractivity contribution in [2.75, 3.05) is 25.3 Å². The molecule has 1 amide bonds. The molecule has 0 saturated carbocycles. The molecule has 0 aliphatic carbocycles. The van der Waals surface area contributed by atoms with Crippen LogP contribution >= 0.6 is 0 Å². The summed E-state index contributed by atoms with van der Waals surface area (Å²) in [5.41, 5.74) is 0.971. The quantitative estimate of drug-likeness (QED) is 0.508. The molecule has 11 nitrogen and oxygen atoms in total. The summed E-state index contributed by atoms with van der Waals surface area (Å²) >= 11 is 0. The molecule has 5 rings (SSSR count). The number of amides is 1. The van der Waals surface area contributed by atoms with Crippen LogP contribution in [0, 0.1) is 5.41 Å². The molecule has 35 heavy (non-hydrogen) atoms. The highest BCUT2D eigenvalue weighted by Crippen LogP contribution is 2.36. The van der Waals surface area contributed by atoms with Crippen molar-refractivity contribution in [2.45, 2.75) is 51.0 Å². The minimum absolute atomic E-state index is 0.0819. The highest BCUT2D eigenvalue weighted by Gasteiger charge is 2.48. The molecule has 2 aromatic rings. The molecule has 1 aromatic carbocycles. The summed E-state index contributed by atoms with van der Waals surface area (Å²) in [6, 6.07) is 6.98. The van der Waals surface area contributed by atoms with Crippen molar-refractivity contribution in [3.63, 3.8) is 0 Å². The van der Waals surface area contributed by atoms with Crippen molar-refractivity contribution in [2.24, 2.45) is 5.41 Å². The third-order valence-corrected chi connectivity index (χ3v) is 6.31. The van der Waals surface area contributed by atoms with Crippen LogP contribution in [0.1, 0.15) is 26.7 Å². The van der Waals surface area contributed by atoms with Gasteiger partial charge < -0.3 is 34.7 Å². The number of fused-ring (bicyclic) bond motifs is 2. The summed E-state index contributed by atoms with van der Waals surface area (Å²) < 4.78 is 22.7. The van der Waals surface area contributed by atoms with E-state index in [4.69, 9.17) is 24.1 Å². The average Bonchev–Trinajstić information content (AvgIpc) is 3.50. The molecule has 0 bridgehead atoms. The zero-order valence-electron chi connectivity index (χ0n) is 19.5. The van der Waals surface area contributed by atoms with Gasteiger partial charge in [0, 0.05) is 18.2 Å². The van der Waals surface area contributed by atoms with Crippen LogP contribution in [0.15, 0.2) is 30.5 Å². The number of aliphatic carboxylic acids is 1. The van der Waals surface area contributed by atoms with E-state index in [0.717, 1.165) is 11.3 Å². The Balaban J connectivity index is 1.20. The molecule has 2 fully saturated rings.